The van der Waals surface area contributed by atoms with Crippen LogP contribution < -0.4 is 5.73 Å². The molecule has 110 valence electrons. The van der Waals surface area contributed by atoms with Gasteiger partial charge in [0.05, 0.1) is 17.8 Å². The average Bonchev–Trinajstić information content (AvgIpc) is 2.98. The number of hydrogen-bond acceptors (Lipinski definition) is 2. The standard InChI is InChI=1S/C14H15F4NO/c15-11-5-7(1-3-10(11)14(16,17)18)13(19)9-6-8-2-4-12(9)20-8/h1,3,5,8-9,12-13H,2,4,6,19H2. The van der Waals surface area contributed by atoms with Crippen molar-refractivity contribution in [1.29, 1.82) is 0 Å². The first-order chi connectivity index (χ1) is 9.36. The highest BCUT2D eigenvalue weighted by atomic mass is 19.4. The maximum Gasteiger partial charge on any atom is 0.419 e. The fourth-order valence-corrected chi connectivity index (χ4v) is 3.27. The van der Waals surface area contributed by atoms with Crippen molar-refractivity contribution in [2.45, 2.75) is 43.7 Å². The second-order valence-corrected chi connectivity index (χ2v) is 5.54. The van der Waals surface area contributed by atoms with Gasteiger partial charge in [-0.05, 0) is 37.0 Å². The van der Waals surface area contributed by atoms with E-state index >= 15 is 0 Å². The van der Waals surface area contributed by atoms with Crippen molar-refractivity contribution >= 4 is 0 Å². The Bertz CT molecular complexity index is 516. The third-order valence-corrected chi connectivity index (χ3v) is 4.30. The molecule has 2 bridgehead atoms. The van der Waals surface area contributed by atoms with Gasteiger partial charge in [-0.15, -0.1) is 0 Å². The second kappa shape index (κ2) is 4.70. The summed E-state index contributed by atoms with van der Waals surface area (Å²) in [5.41, 5.74) is 5.23. The van der Waals surface area contributed by atoms with Gasteiger partial charge < -0.3 is 10.5 Å². The fraction of sp³-hybridized carbons (Fsp3) is 0.571. The smallest absolute Gasteiger partial charge is 0.375 e. The molecule has 4 atom stereocenters. The third-order valence-electron chi connectivity index (χ3n) is 4.30. The molecule has 0 aromatic heterocycles. The van der Waals surface area contributed by atoms with Crippen LogP contribution in [0, 0.1) is 11.7 Å². The Kier molecular flexibility index (Phi) is 3.25. The van der Waals surface area contributed by atoms with Gasteiger partial charge in [-0.2, -0.15) is 13.2 Å². The quantitative estimate of drug-likeness (QED) is 0.847. The SMILES string of the molecule is NC(c1ccc(C(F)(F)F)c(F)c1)C1CC2CCC1O2. The molecule has 4 unspecified atom stereocenters. The fourth-order valence-electron chi connectivity index (χ4n) is 3.27. The van der Waals surface area contributed by atoms with Gasteiger partial charge in [0.1, 0.15) is 5.82 Å². The van der Waals surface area contributed by atoms with Crippen molar-refractivity contribution in [2.24, 2.45) is 11.7 Å². The Hall–Kier alpha value is -1.14. The summed E-state index contributed by atoms with van der Waals surface area (Å²) in [6.07, 6.45) is -1.69. The molecular formula is C14H15F4NO. The number of nitrogens with two attached hydrogens (primary N) is 1. The van der Waals surface area contributed by atoms with E-state index in [4.69, 9.17) is 10.5 Å². The summed E-state index contributed by atoms with van der Waals surface area (Å²) in [7, 11) is 0. The van der Waals surface area contributed by atoms with Crippen molar-refractivity contribution in [1.82, 2.24) is 0 Å². The molecule has 1 aromatic rings. The third kappa shape index (κ3) is 2.31. The van der Waals surface area contributed by atoms with E-state index in [0.717, 1.165) is 31.4 Å². The van der Waals surface area contributed by atoms with Gasteiger partial charge in [0.15, 0.2) is 0 Å². The van der Waals surface area contributed by atoms with Crippen LogP contribution in [0.1, 0.15) is 36.4 Å². The van der Waals surface area contributed by atoms with Crippen molar-refractivity contribution in [2.75, 3.05) is 0 Å². The number of alkyl halides is 3. The molecule has 2 fully saturated rings. The Morgan fingerprint density at radius 1 is 1.25 bits per heavy atom. The van der Waals surface area contributed by atoms with E-state index in [9.17, 15) is 17.6 Å². The first-order valence-electron chi connectivity index (χ1n) is 6.64. The molecule has 1 aromatic carbocycles. The lowest BCUT2D eigenvalue weighted by molar-refractivity contribution is -0.140. The van der Waals surface area contributed by atoms with Crippen LogP contribution in [-0.4, -0.2) is 12.2 Å². The van der Waals surface area contributed by atoms with Gasteiger partial charge in [0.25, 0.3) is 0 Å². The number of fused-ring (bicyclic) bond motifs is 2. The minimum atomic E-state index is -4.68. The average molecular weight is 289 g/mol. The van der Waals surface area contributed by atoms with Crippen LogP contribution >= 0.6 is 0 Å². The summed E-state index contributed by atoms with van der Waals surface area (Å²) >= 11 is 0. The van der Waals surface area contributed by atoms with Crippen LogP contribution in [0.15, 0.2) is 18.2 Å². The summed E-state index contributed by atoms with van der Waals surface area (Å²) in [6, 6.07) is 2.45. The zero-order valence-electron chi connectivity index (χ0n) is 10.7. The number of rotatable bonds is 2. The number of benzene rings is 1. The first kappa shape index (κ1) is 13.8. The largest absolute Gasteiger partial charge is 0.419 e. The molecule has 2 heterocycles. The molecule has 2 aliphatic rings. The lowest BCUT2D eigenvalue weighted by Crippen LogP contribution is -2.29. The van der Waals surface area contributed by atoms with Gasteiger partial charge in [-0.25, -0.2) is 4.39 Å². The van der Waals surface area contributed by atoms with Crippen molar-refractivity contribution in [3.8, 4) is 0 Å². The molecule has 0 spiro atoms. The van der Waals surface area contributed by atoms with Crippen LogP contribution in [0.25, 0.3) is 0 Å². The normalized spacial score (nSPS) is 30.8. The van der Waals surface area contributed by atoms with Crippen molar-refractivity contribution in [3.63, 3.8) is 0 Å². The lowest BCUT2D eigenvalue weighted by Gasteiger charge is -2.26. The Labute approximate surface area is 113 Å². The lowest BCUT2D eigenvalue weighted by atomic mass is 9.81. The Morgan fingerprint density at radius 2 is 2.00 bits per heavy atom. The molecule has 0 amide bonds. The van der Waals surface area contributed by atoms with Crippen LogP contribution in [0.5, 0.6) is 0 Å². The maximum atomic E-state index is 13.6. The molecule has 2 saturated heterocycles. The molecular weight excluding hydrogens is 274 g/mol. The zero-order chi connectivity index (χ0) is 14.5. The molecule has 0 saturated carbocycles. The van der Waals surface area contributed by atoms with E-state index < -0.39 is 23.6 Å². The molecule has 0 aliphatic carbocycles. The van der Waals surface area contributed by atoms with E-state index in [1.807, 2.05) is 0 Å². The minimum Gasteiger partial charge on any atom is -0.375 e. The van der Waals surface area contributed by atoms with Gasteiger partial charge in [0.2, 0.25) is 0 Å². The van der Waals surface area contributed by atoms with E-state index in [1.165, 1.54) is 6.07 Å². The highest BCUT2D eigenvalue weighted by Gasteiger charge is 2.44. The van der Waals surface area contributed by atoms with E-state index in [2.05, 4.69) is 0 Å². The van der Waals surface area contributed by atoms with Gasteiger partial charge in [0, 0.05) is 12.0 Å². The van der Waals surface area contributed by atoms with E-state index in [-0.39, 0.29) is 18.1 Å². The topological polar surface area (TPSA) is 35.2 Å². The van der Waals surface area contributed by atoms with Crippen LogP contribution in [0.2, 0.25) is 0 Å². The van der Waals surface area contributed by atoms with Crippen molar-refractivity contribution < 1.29 is 22.3 Å². The predicted octanol–water partition coefficient (Wildman–Crippen LogP) is 3.41. The van der Waals surface area contributed by atoms with Crippen LogP contribution in [0.3, 0.4) is 0 Å². The number of ether oxygens (including phenoxy) is 1. The molecule has 2 aliphatic heterocycles. The summed E-state index contributed by atoms with van der Waals surface area (Å²) in [4.78, 5) is 0. The molecule has 3 rings (SSSR count). The maximum absolute atomic E-state index is 13.6. The molecule has 2 nitrogen and oxygen atoms in total. The molecule has 20 heavy (non-hydrogen) atoms. The minimum absolute atomic E-state index is 0.0559. The summed E-state index contributed by atoms with van der Waals surface area (Å²) in [5.74, 6) is -1.21. The van der Waals surface area contributed by atoms with Crippen LogP contribution in [-0.2, 0) is 10.9 Å². The Balaban J connectivity index is 1.82. The van der Waals surface area contributed by atoms with E-state index in [0.29, 0.717) is 5.56 Å². The highest BCUT2D eigenvalue weighted by Crippen LogP contribution is 2.44. The zero-order valence-corrected chi connectivity index (χ0v) is 10.7. The molecule has 2 N–H and O–H groups in total. The van der Waals surface area contributed by atoms with Gasteiger partial charge in [-0.1, -0.05) is 6.07 Å². The number of halogens is 4. The van der Waals surface area contributed by atoms with E-state index in [1.54, 1.807) is 0 Å². The summed E-state index contributed by atoms with van der Waals surface area (Å²) in [6.45, 7) is 0. The number of hydrogen-bond donors (Lipinski definition) is 1. The highest BCUT2D eigenvalue weighted by molar-refractivity contribution is 5.29. The van der Waals surface area contributed by atoms with Crippen LogP contribution in [0.4, 0.5) is 17.6 Å². The first-order valence-corrected chi connectivity index (χ1v) is 6.64. The van der Waals surface area contributed by atoms with Gasteiger partial charge in [-0.3, -0.25) is 0 Å². The monoisotopic (exact) mass is 289 g/mol. The molecule has 0 radical (unpaired) electrons. The second-order valence-electron chi connectivity index (χ2n) is 5.54. The van der Waals surface area contributed by atoms with Gasteiger partial charge >= 0.3 is 6.18 Å². The predicted molar refractivity (Wildman–Crippen MR) is 64.3 cm³/mol. The Morgan fingerprint density at radius 3 is 2.50 bits per heavy atom. The summed E-state index contributed by atoms with van der Waals surface area (Å²) < 4.78 is 56.8. The molecule has 6 heteroatoms. The van der Waals surface area contributed by atoms with Crippen molar-refractivity contribution in [3.05, 3.63) is 35.1 Å². The summed E-state index contributed by atoms with van der Waals surface area (Å²) in [5, 5.41) is 0.